The summed E-state index contributed by atoms with van der Waals surface area (Å²) in [5, 5.41) is 15.8. The van der Waals surface area contributed by atoms with E-state index in [-0.39, 0.29) is 18.7 Å². The van der Waals surface area contributed by atoms with E-state index < -0.39 is 6.10 Å². The first-order valence-electron chi connectivity index (χ1n) is 8.77. The Bertz CT molecular complexity index is 1210. The molecule has 0 saturated heterocycles. The van der Waals surface area contributed by atoms with Gasteiger partial charge in [-0.1, -0.05) is 41.4 Å². The molecule has 2 aromatic carbocycles. The van der Waals surface area contributed by atoms with Crippen molar-refractivity contribution in [1.29, 1.82) is 0 Å². The highest BCUT2D eigenvalue weighted by Crippen LogP contribution is 2.27. The SMILES string of the molecule is O=c1c2cnn(-c3ccccc3)c2ncn1C[C@H](O)COc1ccc(Cl)cc1Cl. The van der Waals surface area contributed by atoms with E-state index in [1.165, 1.54) is 17.1 Å². The Balaban J connectivity index is 1.51. The second-order valence-electron chi connectivity index (χ2n) is 6.37. The van der Waals surface area contributed by atoms with Crippen LogP contribution in [0.5, 0.6) is 5.75 Å². The van der Waals surface area contributed by atoms with Gasteiger partial charge >= 0.3 is 0 Å². The molecule has 0 aliphatic rings. The molecule has 0 unspecified atom stereocenters. The zero-order valence-electron chi connectivity index (χ0n) is 15.1. The number of nitrogens with zero attached hydrogens (tertiary/aromatic N) is 4. The summed E-state index contributed by atoms with van der Waals surface area (Å²) in [5.74, 6) is 0.403. The Morgan fingerprint density at radius 1 is 1.14 bits per heavy atom. The number of ether oxygens (including phenoxy) is 1. The summed E-state index contributed by atoms with van der Waals surface area (Å²) in [6.07, 6.45) is 1.93. The quantitative estimate of drug-likeness (QED) is 0.507. The summed E-state index contributed by atoms with van der Waals surface area (Å²) < 4.78 is 8.45. The maximum atomic E-state index is 12.8. The fourth-order valence-electron chi connectivity index (χ4n) is 2.89. The summed E-state index contributed by atoms with van der Waals surface area (Å²) in [7, 11) is 0. The van der Waals surface area contributed by atoms with Crippen LogP contribution in [0.25, 0.3) is 16.7 Å². The predicted octanol–water partition coefficient (Wildman–Crippen LogP) is 3.33. The second-order valence-corrected chi connectivity index (χ2v) is 7.21. The summed E-state index contributed by atoms with van der Waals surface area (Å²) in [6, 6.07) is 14.2. The van der Waals surface area contributed by atoms with Gasteiger partial charge in [-0.15, -0.1) is 0 Å². The van der Waals surface area contributed by atoms with Gasteiger partial charge in [0.05, 0.1) is 23.5 Å². The molecule has 4 aromatic rings. The van der Waals surface area contributed by atoms with Crippen LogP contribution in [0.3, 0.4) is 0 Å². The molecule has 1 atom stereocenters. The molecule has 0 saturated carbocycles. The number of halogens is 2. The van der Waals surface area contributed by atoms with Crippen LogP contribution in [0.1, 0.15) is 0 Å². The number of aromatic nitrogens is 4. The average Bonchev–Trinajstić information content (AvgIpc) is 3.15. The van der Waals surface area contributed by atoms with E-state index in [1.54, 1.807) is 22.9 Å². The van der Waals surface area contributed by atoms with Crippen molar-refractivity contribution in [3.8, 4) is 11.4 Å². The third-order valence-corrected chi connectivity index (χ3v) is 4.82. The lowest BCUT2D eigenvalue weighted by atomic mass is 10.3. The van der Waals surface area contributed by atoms with Crippen molar-refractivity contribution in [2.24, 2.45) is 0 Å². The Morgan fingerprint density at radius 3 is 2.69 bits per heavy atom. The summed E-state index contributed by atoms with van der Waals surface area (Å²) in [6.45, 7) is -0.0292. The highest BCUT2D eigenvalue weighted by atomic mass is 35.5. The van der Waals surface area contributed by atoms with E-state index in [0.717, 1.165) is 5.69 Å². The summed E-state index contributed by atoms with van der Waals surface area (Å²) >= 11 is 11.9. The normalized spacial score (nSPS) is 12.2. The van der Waals surface area contributed by atoms with Crippen LogP contribution in [-0.4, -0.2) is 37.1 Å². The second kappa shape index (κ2) is 8.24. The minimum atomic E-state index is -0.942. The van der Waals surface area contributed by atoms with Crippen LogP contribution >= 0.6 is 23.2 Å². The van der Waals surface area contributed by atoms with Crippen molar-refractivity contribution < 1.29 is 9.84 Å². The number of hydrogen-bond donors (Lipinski definition) is 1. The monoisotopic (exact) mass is 430 g/mol. The van der Waals surface area contributed by atoms with Crippen LogP contribution in [-0.2, 0) is 6.54 Å². The molecule has 0 aliphatic carbocycles. The molecule has 0 aliphatic heterocycles. The van der Waals surface area contributed by atoms with Gasteiger partial charge in [-0.3, -0.25) is 9.36 Å². The van der Waals surface area contributed by atoms with Gasteiger partial charge in [0.1, 0.15) is 30.2 Å². The van der Waals surface area contributed by atoms with Gasteiger partial charge in [0.2, 0.25) is 0 Å². The van der Waals surface area contributed by atoms with Gasteiger partial charge in [-0.2, -0.15) is 5.10 Å². The fraction of sp³-hybridized carbons (Fsp3) is 0.150. The number of para-hydroxylation sites is 1. The van der Waals surface area contributed by atoms with Crippen molar-refractivity contribution in [2.75, 3.05) is 6.61 Å². The predicted molar refractivity (Wildman–Crippen MR) is 111 cm³/mol. The van der Waals surface area contributed by atoms with Gasteiger partial charge in [0, 0.05) is 5.02 Å². The molecule has 0 amide bonds. The molecule has 2 aromatic heterocycles. The van der Waals surface area contributed by atoms with Gasteiger partial charge in [0.25, 0.3) is 5.56 Å². The van der Waals surface area contributed by atoms with Crippen molar-refractivity contribution in [1.82, 2.24) is 19.3 Å². The smallest absolute Gasteiger partial charge is 0.264 e. The molecule has 0 radical (unpaired) electrons. The van der Waals surface area contributed by atoms with Crippen LogP contribution < -0.4 is 10.3 Å². The number of hydrogen-bond acceptors (Lipinski definition) is 5. The molecule has 0 bridgehead atoms. The van der Waals surface area contributed by atoms with Gasteiger partial charge in [0.15, 0.2) is 5.65 Å². The van der Waals surface area contributed by atoms with E-state index >= 15 is 0 Å². The Morgan fingerprint density at radius 2 is 1.93 bits per heavy atom. The number of fused-ring (bicyclic) bond motifs is 1. The van der Waals surface area contributed by atoms with E-state index in [2.05, 4.69) is 10.1 Å². The van der Waals surface area contributed by atoms with E-state index in [1.807, 2.05) is 30.3 Å². The molecular weight excluding hydrogens is 415 g/mol. The van der Waals surface area contributed by atoms with Crippen molar-refractivity contribution in [3.63, 3.8) is 0 Å². The van der Waals surface area contributed by atoms with Crippen molar-refractivity contribution >= 4 is 34.2 Å². The van der Waals surface area contributed by atoms with Crippen LogP contribution in [0.15, 0.2) is 65.8 Å². The molecule has 7 nitrogen and oxygen atoms in total. The van der Waals surface area contributed by atoms with Crippen molar-refractivity contribution in [2.45, 2.75) is 12.6 Å². The Labute approximate surface area is 175 Å². The molecule has 148 valence electrons. The first kappa shape index (κ1) is 19.4. The van der Waals surface area contributed by atoms with Crippen molar-refractivity contribution in [3.05, 3.63) is 81.5 Å². The minimum absolute atomic E-state index is 0.0174. The lowest BCUT2D eigenvalue weighted by molar-refractivity contribution is 0.0915. The van der Waals surface area contributed by atoms with E-state index in [4.69, 9.17) is 27.9 Å². The maximum Gasteiger partial charge on any atom is 0.264 e. The molecule has 9 heteroatoms. The van der Waals surface area contributed by atoms with Gasteiger partial charge in [-0.05, 0) is 30.3 Å². The molecule has 0 spiro atoms. The highest BCUT2D eigenvalue weighted by Gasteiger charge is 2.14. The Kier molecular flexibility index (Phi) is 5.53. The minimum Gasteiger partial charge on any atom is -0.489 e. The van der Waals surface area contributed by atoms with Gasteiger partial charge < -0.3 is 9.84 Å². The first-order valence-corrected chi connectivity index (χ1v) is 9.53. The zero-order valence-corrected chi connectivity index (χ0v) is 16.6. The standard InChI is InChI=1S/C20H16Cl2N4O3/c21-13-6-7-18(17(22)8-13)29-11-15(27)10-25-12-23-19-16(20(25)28)9-24-26(19)14-4-2-1-3-5-14/h1-9,12,15,27H,10-11H2/t15-/m0/s1. The zero-order chi connectivity index (χ0) is 20.4. The van der Waals surface area contributed by atoms with E-state index in [0.29, 0.717) is 26.8 Å². The summed E-state index contributed by atoms with van der Waals surface area (Å²) in [4.78, 5) is 17.1. The highest BCUT2D eigenvalue weighted by molar-refractivity contribution is 6.35. The van der Waals surface area contributed by atoms with Gasteiger partial charge in [-0.25, -0.2) is 9.67 Å². The number of benzene rings is 2. The maximum absolute atomic E-state index is 12.8. The third-order valence-electron chi connectivity index (χ3n) is 4.29. The first-order chi connectivity index (χ1) is 14.0. The fourth-order valence-corrected chi connectivity index (χ4v) is 3.36. The van der Waals surface area contributed by atoms with Crippen LogP contribution in [0, 0.1) is 0 Å². The number of aliphatic hydroxyl groups is 1. The van der Waals surface area contributed by atoms with E-state index in [9.17, 15) is 9.90 Å². The molecule has 0 fully saturated rings. The average molecular weight is 431 g/mol. The largest absolute Gasteiger partial charge is 0.489 e. The molecule has 2 heterocycles. The number of aliphatic hydroxyl groups excluding tert-OH is 1. The topological polar surface area (TPSA) is 82.2 Å². The summed E-state index contributed by atoms with van der Waals surface area (Å²) in [5.41, 5.74) is 0.970. The molecule has 29 heavy (non-hydrogen) atoms. The van der Waals surface area contributed by atoms with Crippen LogP contribution in [0.4, 0.5) is 0 Å². The third kappa shape index (κ3) is 4.12. The molecule has 4 rings (SSSR count). The lowest BCUT2D eigenvalue weighted by Crippen LogP contribution is -2.30. The number of rotatable bonds is 6. The lowest BCUT2D eigenvalue weighted by Gasteiger charge is -2.14. The molecular formula is C20H16Cl2N4O3. The Hall–Kier alpha value is -2.87. The van der Waals surface area contributed by atoms with Crippen LogP contribution in [0.2, 0.25) is 10.0 Å². The molecule has 1 N–H and O–H groups in total.